The molecule has 1 aromatic carbocycles. The van der Waals surface area contributed by atoms with Gasteiger partial charge in [-0.1, -0.05) is 90.9 Å². The SMILES string of the molecule is CCCCCCCCC[C@]1(C#N)CC[C@H](C(=O)Oc2ccc(-c3ccc(OCCCCCCCC)cn3)cc2)CC1. The summed E-state index contributed by atoms with van der Waals surface area (Å²) in [5, 5.41) is 9.91. The van der Waals surface area contributed by atoms with E-state index in [-0.39, 0.29) is 17.3 Å². The van der Waals surface area contributed by atoms with Crippen LogP contribution in [0.5, 0.6) is 11.5 Å². The number of aromatic nitrogens is 1. The number of hydrogen-bond acceptors (Lipinski definition) is 5. The van der Waals surface area contributed by atoms with Gasteiger partial charge in [0.25, 0.3) is 0 Å². The summed E-state index contributed by atoms with van der Waals surface area (Å²) in [6.45, 7) is 5.20. The van der Waals surface area contributed by atoms with Gasteiger partial charge in [-0.05, 0) is 74.9 Å². The normalized spacial score (nSPS) is 18.5. The second-order valence-corrected chi connectivity index (χ2v) is 12.0. The summed E-state index contributed by atoms with van der Waals surface area (Å²) in [6, 6.07) is 14.1. The van der Waals surface area contributed by atoms with E-state index in [1.807, 2.05) is 36.4 Å². The van der Waals surface area contributed by atoms with Gasteiger partial charge < -0.3 is 9.47 Å². The van der Waals surface area contributed by atoms with Crippen LogP contribution in [-0.2, 0) is 4.79 Å². The first kappa shape index (κ1) is 32.6. The number of carbonyl (C=O) groups is 1. The molecule has 1 saturated carbocycles. The number of nitriles is 1. The maximum absolute atomic E-state index is 12.9. The summed E-state index contributed by atoms with van der Waals surface area (Å²) in [5.41, 5.74) is 1.56. The number of carbonyl (C=O) groups excluding carboxylic acids is 1. The summed E-state index contributed by atoms with van der Waals surface area (Å²) in [5.74, 6) is 1.04. The molecule has 1 heterocycles. The first-order valence-electron chi connectivity index (χ1n) is 16.4. The van der Waals surface area contributed by atoms with Gasteiger partial charge >= 0.3 is 5.97 Å². The third kappa shape index (κ3) is 11.5. The first-order chi connectivity index (χ1) is 20.1. The molecule has 0 saturated heterocycles. The van der Waals surface area contributed by atoms with Gasteiger partial charge in [-0.15, -0.1) is 0 Å². The Labute approximate surface area is 249 Å². The van der Waals surface area contributed by atoms with Gasteiger partial charge in [-0.25, -0.2) is 0 Å². The molecule has 1 aliphatic carbocycles. The zero-order chi connectivity index (χ0) is 29.2. The van der Waals surface area contributed by atoms with Crippen LogP contribution in [0.4, 0.5) is 0 Å². The van der Waals surface area contributed by atoms with Crippen molar-refractivity contribution < 1.29 is 14.3 Å². The number of pyridine rings is 1. The van der Waals surface area contributed by atoms with Crippen LogP contribution in [0, 0.1) is 22.7 Å². The van der Waals surface area contributed by atoms with Crippen LogP contribution in [-0.4, -0.2) is 17.6 Å². The Morgan fingerprint density at radius 1 is 0.829 bits per heavy atom. The summed E-state index contributed by atoms with van der Waals surface area (Å²) in [7, 11) is 0. The van der Waals surface area contributed by atoms with E-state index < -0.39 is 0 Å². The molecule has 5 nitrogen and oxygen atoms in total. The molecule has 1 fully saturated rings. The minimum Gasteiger partial charge on any atom is -0.492 e. The Morgan fingerprint density at radius 2 is 1.41 bits per heavy atom. The molecule has 0 spiro atoms. The van der Waals surface area contributed by atoms with Gasteiger partial charge in [-0.2, -0.15) is 5.26 Å². The Hall–Kier alpha value is -2.87. The van der Waals surface area contributed by atoms with E-state index in [1.54, 1.807) is 6.20 Å². The number of hydrogen-bond donors (Lipinski definition) is 0. The van der Waals surface area contributed by atoms with E-state index in [1.165, 1.54) is 70.6 Å². The van der Waals surface area contributed by atoms with Crippen LogP contribution >= 0.6 is 0 Å². The van der Waals surface area contributed by atoms with Crippen LogP contribution < -0.4 is 9.47 Å². The Balaban J connectivity index is 1.38. The molecule has 0 atom stereocenters. The van der Waals surface area contributed by atoms with E-state index >= 15 is 0 Å². The molecule has 0 amide bonds. The second kappa shape index (κ2) is 18.5. The minimum absolute atomic E-state index is 0.129. The van der Waals surface area contributed by atoms with Crippen LogP contribution in [0.15, 0.2) is 42.6 Å². The fourth-order valence-electron chi connectivity index (χ4n) is 5.85. The van der Waals surface area contributed by atoms with Crippen LogP contribution in [0.1, 0.15) is 129 Å². The topological polar surface area (TPSA) is 72.2 Å². The number of benzene rings is 1. The number of esters is 1. The average molecular weight is 561 g/mol. The van der Waals surface area contributed by atoms with Crippen LogP contribution in [0.25, 0.3) is 11.3 Å². The summed E-state index contributed by atoms with van der Waals surface area (Å²) in [6.07, 6.45) is 22.1. The van der Waals surface area contributed by atoms with Crippen molar-refractivity contribution >= 4 is 5.97 Å². The van der Waals surface area contributed by atoms with Crippen molar-refractivity contribution in [1.29, 1.82) is 5.26 Å². The molecular weight excluding hydrogens is 508 g/mol. The minimum atomic E-state index is -0.260. The quantitative estimate of drug-likeness (QED) is 0.0970. The van der Waals surface area contributed by atoms with Crippen molar-refractivity contribution in [3.8, 4) is 28.8 Å². The fourth-order valence-corrected chi connectivity index (χ4v) is 5.85. The highest BCUT2D eigenvalue weighted by molar-refractivity contribution is 5.75. The van der Waals surface area contributed by atoms with Gasteiger partial charge in [0.15, 0.2) is 0 Å². The van der Waals surface area contributed by atoms with Crippen molar-refractivity contribution in [3.63, 3.8) is 0 Å². The van der Waals surface area contributed by atoms with Crippen molar-refractivity contribution in [2.45, 2.75) is 129 Å². The van der Waals surface area contributed by atoms with Crippen molar-refractivity contribution in [2.75, 3.05) is 6.61 Å². The standard InChI is InChI=1S/C36H52N2O3/c1-3-5-7-9-11-12-14-24-36(29-37)25-22-31(23-26-36)35(39)41-32-18-16-30(17-19-32)34-21-20-33(28-38-34)40-27-15-13-10-8-6-4-2/h16-21,28,31H,3-15,22-27H2,1-2H3/t31-,36-. The molecule has 3 rings (SSSR count). The summed E-state index contributed by atoms with van der Waals surface area (Å²) < 4.78 is 11.6. The predicted octanol–water partition coefficient (Wildman–Crippen LogP) is 10.2. The number of unbranched alkanes of at least 4 members (excludes halogenated alkanes) is 11. The molecule has 0 bridgehead atoms. The fraction of sp³-hybridized carbons (Fsp3) is 0.639. The lowest BCUT2D eigenvalue weighted by atomic mass is 9.69. The van der Waals surface area contributed by atoms with E-state index in [2.05, 4.69) is 24.9 Å². The van der Waals surface area contributed by atoms with Crippen molar-refractivity contribution in [3.05, 3.63) is 42.6 Å². The number of nitrogens with zero attached hydrogens (tertiary/aromatic N) is 2. The zero-order valence-corrected chi connectivity index (χ0v) is 25.7. The molecule has 0 aliphatic heterocycles. The highest BCUT2D eigenvalue weighted by atomic mass is 16.5. The van der Waals surface area contributed by atoms with E-state index in [4.69, 9.17) is 9.47 Å². The second-order valence-electron chi connectivity index (χ2n) is 12.0. The van der Waals surface area contributed by atoms with Crippen molar-refractivity contribution in [1.82, 2.24) is 4.98 Å². The van der Waals surface area contributed by atoms with Gasteiger partial charge in [-0.3, -0.25) is 9.78 Å². The molecule has 0 unspecified atom stereocenters. The predicted molar refractivity (Wildman–Crippen MR) is 167 cm³/mol. The molecular formula is C36H52N2O3. The summed E-state index contributed by atoms with van der Waals surface area (Å²) >= 11 is 0. The molecule has 0 radical (unpaired) electrons. The van der Waals surface area contributed by atoms with E-state index in [0.29, 0.717) is 5.75 Å². The molecule has 41 heavy (non-hydrogen) atoms. The third-order valence-electron chi connectivity index (χ3n) is 8.64. The zero-order valence-electron chi connectivity index (χ0n) is 25.7. The van der Waals surface area contributed by atoms with Crippen molar-refractivity contribution in [2.24, 2.45) is 11.3 Å². The van der Waals surface area contributed by atoms with Gasteiger partial charge in [0, 0.05) is 5.56 Å². The molecule has 0 N–H and O–H groups in total. The van der Waals surface area contributed by atoms with E-state index in [9.17, 15) is 10.1 Å². The van der Waals surface area contributed by atoms with Crippen LogP contribution in [0.3, 0.4) is 0 Å². The monoisotopic (exact) mass is 560 g/mol. The van der Waals surface area contributed by atoms with Gasteiger partial charge in [0.2, 0.25) is 0 Å². The maximum Gasteiger partial charge on any atom is 0.314 e. The lowest BCUT2D eigenvalue weighted by Crippen LogP contribution is -2.31. The summed E-state index contributed by atoms with van der Waals surface area (Å²) in [4.78, 5) is 17.4. The van der Waals surface area contributed by atoms with Gasteiger partial charge in [0.1, 0.15) is 11.5 Å². The molecule has 1 aliphatic rings. The van der Waals surface area contributed by atoms with E-state index in [0.717, 1.165) is 68.6 Å². The Kier molecular flexibility index (Phi) is 14.8. The maximum atomic E-state index is 12.9. The molecule has 1 aromatic heterocycles. The number of rotatable bonds is 19. The molecule has 224 valence electrons. The number of ether oxygens (including phenoxy) is 2. The smallest absolute Gasteiger partial charge is 0.314 e. The Morgan fingerprint density at radius 3 is 2.00 bits per heavy atom. The molecule has 5 heteroatoms. The Bertz CT molecular complexity index is 1030. The van der Waals surface area contributed by atoms with Gasteiger partial charge in [0.05, 0.1) is 35.9 Å². The molecule has 2 aromatic rings. The average Bonchev–Trinajstić information content (AvgIpc) is 3.01. The first-order valence-corrected chi connectivity index (χ1v) is 16.4. The third-order valence-corrected chi connectivity index (χ3v) is 8.64. The highest BCUT2D eigenvalue weighted by Crippen LogP contribution is 2.43. The lowest BCUT2D eigenvalue weighted by molar-refractivity contribution is -0.140. The largest absolute Gasteiger partial charge is 0.492 e. The lowest BCUT2D eigenvalue weighted by Gasteiger charge is -2.34. The highest BCUT2D eigenvalue weighted by Gasteiger charge is 2.38. The van der Waals surface area contributed by atoms with Crippen LogP contribution in [0.2, 0.25) is 0 Å².